The first-order valence-electron chi connectivity index (χ1n) is 12.3. The number of rotatable bonds is 9. The van der Waals surface area contributed by atoms with Crippen LogP contribution in [0.5, 0.6) is 16.7 Å². The van der Waals surface area contributed by atoms with Crippen molar-refractivity contribution in [3.8, 4) is 28.1 Å². The molecule has 0 spiro atoms. The molecular weight excluding hydrogens is 490 g/mol. The third-order valence-corrected chi connectivity index (χ3v) is 7.72. The van der Waals surface area contributed by atoms with Gasteiger partial charge in [-0.1, -0.05) is 37.1 Å². The van der Waals surface area contributed by atoms with Gasteiger partial charge in [0.15, 0.2) is 5.76 Å². The van der Waals surface area contributed by atoms with E-state index in [1.807, 2.05) is 42.6 Å². The number of hydrogen-bond donors (Lipinski definition) is 0. The number of ketones is 1. The summed E-state index contributed by atoms with van der Waals surface area (Å²) in [5.74, 6) is 2.47. The molecule has 37 heavy (non-hydrogen) atoms. The molecule has 9 heteroatoms. The van der Waals surface area contributed by atoms with Crippen LogP contribution in [0.15, 0.2) is 53.1 Å². The zero-order valence-corrected chi connectivity index (χ0v) is 21.5. The molecule has 1 saturated carbocycles. The minimum atomic E-state index is 0.226. The van der Waals surface area contributed by atoms with Crippen molar-refractivity contribution >= 4 is 33.1 Å². The highest BCUT2D eigenvalue weighted by atomic mass is 32.1. The molecule has 190 valence electrons. The van der Waals surface area contributed by atoms with Crippen molar-refractivity contribution in [1.29, 1.82) is 0 Å². The predicted octanol–water partition coefficient (Wildman–Crippen LogP) is 6.10. The largest absolute Gasteiger partial charge is 0.496 e. The fourth-order valence-corrected chi connectivity index (χ4v) is 5.61. The fourth-order valence-electron chi connectivity index (χ4n) is 4.91. The average molecular weight is 518 g/mol. The molecule has 3 aromatic heterocycles. The third-order valence-electron chi connectivity index (χ3n) is 6.83. The van der Waals surface area contributed by atoms with Gasteiger partial charge in [0.2, 0.25) is 4.96 Å². The Morgan fingerprint density at radius 1 is 1.11 bits per heavy atom. The van der Waals surface area contributed by atoms with Gasteiger partial charge in [0, 0.05) is 24.5 Å². The van der Waals surface area contributed by atoms with Crippen LogP contribution in [0.3, 0.4) is 0 Å². The van der Waals surface area contributed by atoms with Crippen molar-refractivity contribution in [2.24, 2.45) is 5.92 Å². The number of carbonyl (C=O) groups excluding carboxylic acids is 1. The first-order chi connectivity index (χ1) is 18.1. The van der Waals surface area contributed by atoms with Gasteiger partial charge in [0.1, 0.15) is 35.2 Å². The second-order valence-electron chi connectivity index (χ2n) is 9.31. The minimum Gasteiger partial charge on any atom is -0.496 e. The van der Waals surface area contributed by atoms with Crippen LogP contribution in [0.4, 0.5) is 0 Å². The molecule has 0 amide bonds. The second kappa shape index (κ2) is 9.89. The Bertz CT molecular complexity index is 1550. The molecule has 0 bridgehead atoms. The van der Waals surface area contributed by atoms with Crippen molar-refractivity contribution in [2.45, 2.75) is 38.7 Å². The number of nitrogens with zero attached hydrogens (tertiary/aromatic N) is 3. The highest BCUT2D eigenvalue weighted by Crippen LogP contribution is 2.37. The van der Waals surface area contributed by atoms with Crippen LogP contribution < -0.4 is 14.2 Å². The quantitative estimate of drug-likeness (QED) is 0.233. The highest BCUT2D eigenvalue weighted by Gasteiger charge is 2.22. The number of furan rings is 1. The number of carbonyl (C=O) groups is 1. The van der Waals surface area contributed by atoms with E-state index in [1.54, 1.807) is 18.7 Å². The van der Waals surface area contributed by atoms with Gasteiger partial charge in [-0.2, -0.15) is 0 Å². The molecule has 0 aliphatic heterocycles. The number of Topliss-reactive ketones (excluding diaryl/α,β-unsaturated/α-hetero) is 1. The van der Waals surface area contributed by atoms with E-state index in [-0.39, 0.29) is 5.92 Å². The summed E-state index contributed by atoms with van der Waals surface area (Å²) >= 11 is 1.36. The second-order valence-corrected chi connectivity index (χ2v) is 10.2. The van der Waals surface area contributed by atoms with Crippen molar-refractivity contribution in [1.82, 2.24) is 14.6 Å². The lowest BCUT2D eigenvalue weighted by Crippen LogP contribution is -2.13. The Labute approximate surface area is 217 Å². The zero-order valence-electron chi connectivity index (χ0n) is 20.7. The molecule has 1 aliphatic carbocycles. The van der Waals surface area contributed by atoms with E-state index >= 15 is 0 Å². The molecule has 5 aromatic rings. The Morgan fingerprint density at radius 2 is 1.95 bits per heavy atom. The molecule has 0 atom stereocenters. The zero-order chi connectivity index (χ0) is 25.4. The maximum absolute atomic E-state index is 12.6. The SMILES string of the molecule is COc1cc(OCc2cccc(CC(=O)C3CCCC3)c2)c2cc(-c3cn4nc(OC)sc4n3)oc2c1. The van der Waals surface area contributed by atoms with Gasteiger partial charge < -0.3 is 18.6 Å². The first kappa shape index (κ1) is 23.5. The minimum absolute atomic E-state index is 0.226. The van der Waals surface area contributed by atoms with Crippen molar-refractivity contribution < 1.29 is 23.4 Å². The third kappa shape index (κ3) is 4.79. The summed E-state index contributed by atoms with van der Waals surface area (Å²) < 4.78 is 24.7. The summed E-state index contributed by atoms with van der Waals surface area (Å²) in [4.78, 5) is 18.0. The van der Waals surface area contributed by atoms with E-state index < -0.39 is 0 Å². The topological polar surface area (TPSA) is 88.1 Å². The Kier molecular flexibility index (Phi) is 6.30. The summed E-state index contributed by atoms with van der Waals surface area (Å²) in [5.41, 5.74) is 3.35. The number of ether oxygens (including phenoxy) is 3. The van der Waals surface area contributed by atoms with Crippen LogP contribution in [0.25, 0.3) is 27.4 Å². The molecule has 1 aliphatic rings. The molecule has 0 saturated heterocycles. The van der Waals surface area contributed by atoms with Crippen LogP contribution in [0.1, 0.15) is 36.8 Å². The van der Waals surface area contributed by atoms with Crippen LogP contribution in [-0.2, 0) is 17.8 Å². The van der Waals surface area contributed by atoms with Crippen molar-refractivity contribution in [3.05, 3.63) is 59.8 Å². The summed E-state index contributed by atoms with van der Waals surface area (Å²) in [6.07, 6.45) is 6.68. The van der Waals surface area contributed by atoms with E-state index in [4.69, 9.17) is 18.6 Å². The van der Waals surface area contributed by atoms with E-state index in [2.05, 4.69) is 16.1 Å². The van der Waals surface area contributed by atoms with Gasteiger partial charge in [-0.15, -0.1) is 5.10 Å². The van der Waals surface area contributed by atoms with Gasteiger partial charge >= 0.3 is 0 Å². The summed E-state index contributed by atoms with van der Waals surface area (Å²) in [7, 11) is 3.20. The van der Waals surface area contributed by atoms with Crippen molar-refractivity contribution in [3.63, 3.8) is 0 Å². The van der Waals surface area contributed by atoms with Gasteiger partial charge in [-0.25, -0.2) is 9.50 Å². The van der Waals surface area contributed by atoms with E-state index in [1.165, 1.54) is 24.2 Å². The Morgan fingerprint density at radius 3 is 2.73 bits per heavy atom. The lowest BCUT2D eigenvalue weighted by atomic mass is 9.96. The summed E-state index contributed by atoms with van der Waals surface area (Å²) in [6.45, 7) is 0.359. The maximum Gasteiger partial charge on any atom is 0.294 e. The van der Waals surface area contributed by atoms with Crippen LogP contribution in [0.2, 0.25) is 0 Å². The van der Waals surface area contributed by atoms with E-state index in [0.29, 0.717) is 57.5 Å². The smallest absolute Gasteiger partial charge is 0.294 e. The molecule has 0 N–H and O–H groups in total. The van der Waals surface area contributed by atoms with Crippen molar-refractivity contribution in [2.75, 3.05) is 14.2 Å². The molecule has 0 radical (unpaired) electrons. The molecule has 6 rings (SSSR count). The number of aromatic nitrogens is 3. The molecule has 2 aromatic carbocycles. The molecule has 0 unspecified atom stereocenters. The molecule has 1 fully saturated rings. The number of imidazole rings is 1. The van der Waals surface area contributed by atoms with Gasteiger partial charge in [0.05, 0.1) is 25.8 Å². The number of benzene rings is 2. The fraction of sp³-hybridized carbons (Fsp3) is 0.321. The Hall–Kier alpha value is -3.85. The highest BCUT2D eigenvalue weighted by molar-refractivity contribution is 7.18. The molecular formula is C28H27N3O5S. The molecule has 8 nitrogen and oxygen atoms in total. The lowest BCUT2D eigenvalue weighted by Gasteiger charge is -2.11. The van der Waals surface area contributed by atoms with Gasteiger partial charge in [0.25, 0.3) is 5.19 Å². The standard InChI is InChI=1S/C28H27N3O5S/c1-33-20-12-24(35-16-18-7-5-6-17(10-18)11-23(32)19-8-3-4-9-19)21-14-26(36-25(21)13-20)22-15-31-27(29-22)37-28(30-31)34-2/h5-7,10,12-15,19H,3-4,8-9,11,16H2,1-2H3. The van der Waals surface area contributed by atoms with Gasteiger partial charge in [-0.05, 0) is 41.4 Å². The summed E-state index contributed by atoms with van der Waals surface area (Å²) in [6, 6.07) is 13.7. The van der Waals surface area contributed by atoms with E-state index in [9.17, 15) is 4.79 Å². The van der Waals surface area contributed by atoms with Gasteiger partial charge in [-0.3, -0.25) is 4.79 Å². The Balaban J connectivity index is 1.23. The number of hydrogen-bond acceptors (Lipinski definition) is 8. The first-order valence-corrected chi connectivity index (χ1v) is 13.2. The average Bonchev–Trinajstić information content (AvgIpc) is 3.70. The van der Waals surface area contributed by atoms with Crippen LogP contribution >= 0.6 is 11.3 Å². The normalized spacial score (nSPS) is 14.0. The van der Waals surface area contributed by atoms with Crippen LogP contribution in [0, 0.1) is 5.92 Å². The predicted molar refractivity (Wildman–Crippen MR) is 141 cm³/mol. The lowest BCUT2D eigenvalue weighted by molar-refractivity contribution is -0.122. The maximum atomic E-state index is 12.6. The monoisotopic (exact) mass is 517 g/mol. The number of fused-ring (bicyclic) bond motifs is 2. The van der Waals surface area contributed by atoms with E-state index in [0.717, 1.165) is 29.4 Å². The summed E-state index contributed by atoms with van der Waals surface area (Å²) in [5, 5.41) is 5.70. The van der Waals surface area contributed by atoms with Crippen LogP contribution in [-0.4, -0.2) is 34.6 Å². The number of methoxy groups -OCH3 is 2. The molecule has 3 heterocycles.